The molecule has 3 heteroatoms. The first-order valence-electron chi connectivity index (χ1n) is 5.90. The predicted octanol–water partition coefficient (Wildman–Crippen LogP) is 4.22. The third kappa shape index (κ3) is 2.01. The van der Waals surface area contributed by atoms with E-state index in [1.54, 1.807) is 4.53 Å². The van der Waals surface area contributed by atoms with Gasteiger partial charge in [0.15, 0.2) is 0 Å². The van der Waals surface area contributed by atoms with Crippen molar-refractivity contribution in [3.05, 3.63) is 66.2 Å². The van der Waals surface area contributed by atoms with Crippen LogP contribution >= 0.6 is 11.8 Å². The maximum atomic E-state index is 6.36. The van der Waals surface area contributed by atoms with Crippen LogP contribution in [-0.2, 0) is 0 Å². The Balaban J connectivity index is 2.14. The molecule has 1 aliphatic heterocycles. The topological polar surface area (TPSA) is 6.48 Å². The van der Waals surface area contributed by atoms with Crippen LogP contribution in [0.1, 0.15) is 5.56 Å². The molecule has 0 saturated carbocycles. The number of anilines is 2. The van der Waals surface area contributed by atoms with E-state index in [4.69, 9.17) is 11.8 Å². The molecule has 2 aromatic rings. The summed E-state index contributed by atoms with van der Waals surface area (Å²) in [7, 11) is 0. The number of hydrazine groups is 1. The first kappa shape index (κ1) is 11.3. The number of para-hydroxylation sites is 2. The summed E-state index contributed by atoms with van der Waals surface area (Å²) in [6.07, 6.45) is 4.17. The molecule has 90 valence electrons. The quantitative estimate of drug-likeness (QED) is 0.705. The van der Waals surface area contributed by atoms with Gasteiger partial charge in [-0.2, -0.15) is 0 Å². The van der Waals surface area contributed by atoms with E-state index in [1.807, 2.05) is 35.3 Å². The Labute approximate surface area is 112 Å². The maximum absolute atomic E-state index is 6.36. The molecule has 2 nitrogen and oxygen atoms in total. The summed E-state index contributed by atoms with van der Waals surface area (Å²) in [6, 6.07) is 18.4. The zero-order valence-corrected chi connectivity index (χ0v) is 10.6. The van der Waals surface area contributed by atoms with Crippen LogP contribution in [0.5, 0.6) is 0 Å². The van der Waals surface area contributed by atoms with E-state index in [-0.39, 0.29) is 0 Å². The number of hydrogen-bond acceptors (Lipinski definition) is 2. The Morgan fingerprint density at radius 1 is 0.889 bits per heavy atom. The fourth-order valence-corrected chi connectivity index (χ4v) is 2.37. The third-order valence-electron chi connectivity index (χ3n) is 2.94. The highest BCUT2D eigenvalue weighted by molar-refractivity contribution is 6.15. The Morgan fingerprint density at radius 3 is 2.44 bits per heavy atom. The van der Waals surface area contributed by atoms with Gasteiger partial charge in [-0.3, -0.25) is 5.01 Å². The highest BCUT2D eigenvalue weighted by Crippen LogP contribution is 2.33. The molecule has 0 saturated heterocycles. The number of halogens is 1. The second-order valence-electron chi connectivity index (χ2n) is 4.13. The van der Waals surface area contributed by atoms with E-state index >= 15 is 0 Å². The smallest absolute Gasteiger partial charge is 0.0665 e. The molecule has 0 N–H and O–H groups in total. The molecular formula is C15H13ClN2. The van der Waals surface area contributed by atoms with Crippen LogP contribution in [0.3, 0.4) is 0 Å². The van der Waals surface area contributed by atoms with Crippen LogP contribution < -0.4 is 5.01 Å². The Kier molecular flexibility index (Phi) is 3.05. The normalized spacial score (nSPS) is 15.3. The molecule has 2 aromatic carbocycles. The summed E-state index contributed by atoms with van der Waals surface area (Å²) in [5.41, 5.74) is 3.32. The van der Waals surface area contributed by atoms with Crippen molar-refractivity contribution >= 4 is 29.2 Å². The molecule has 0 amide bonds. The fourth-order valence-electron chi connectivity index (χ4n) is 2.12. The Morgan fingerprint density at radius 2 is 1.61 bits per heavy atom. The number of benzene rings is 2. The number of hydrogen-bond donors (Lipinski definition) is 0. The van der Waals surface area contributed by atoms with Crippen LogP contribution in [-0.4, -0.2) is 11.1 Å². The molecule has 1 heterocycles. The second-order valence-corrected chi connectivity index (χ2v) is 4.52. The van der Waals surface area contributed by atoms with Crippen LogP contribution in [0.2, 0.25) is 0 Å². The molecule has 0 radical (unpaired) electrons. The van der Waals surface area contributed by atoms with Gasteiger partial charge in [0, 0.05) is 11.8 Å². The molecule has 0 fully saturated rings. The number of fused-ring (bicyclic) bond motifs is 1. The van der Waals surface area contributed by atoms with Crippen molar-refractivity contribution in [3.8, 4) is 0 Å². The van der Waals surface area contributed by atoms with Crippen molar-refractivity contribution in [2.45, 2.75) is 0 Å². The summed E-state index contributed by atoms with van der Waals surface area (Å²) in [5.74, 6) is 0. The van der Waals surface area contributed by atoms with Gasteiger partial charge in [-0.05, 0) is 23.8 Å². The molecule has 0 spiro atoms. The fraction of sp³-hybridized carbons (Fsp3) is 0.0667. The summed E-state index contributed by atoms with van der Waals surface area (Å²) < 4.78 is 1.69. The molecule has 3 rings (SSSR count). The summed E-state index contributed by atoms with van der Waals surface area (Å²) in [4.78, 5) is 0. The average molecular weight is 257 g/mol. The van der Waals surface area contributed by atoms with E-state index in [1.165, 1.54) is 5.56 Å². The van der Waals surface area contributed by atoms with Gasteiger partial charge in [-0.25, -0.2) is 0 Å². The van der Waals surface area contributed by atoms with Gasteiger partial charge < -0.3 is 0 Å². The lowest BCUT2D eigenvalue weighted by Crippen LogP contribution is -2.31. The molecule has 0 atom stereocenters. The van der Waals surface area contributed by atoms with Gasteiger partial charge in [0.05, 0.1) is 17.9 Å². The lowest BCUT2D eigenvalue weighted by molar-refractivity contribution is 0.517. The van der Waals surface area contributed by atoms with E-state index in [0.717, 1.165) is 11.4 Å². The monoisotopic (exact) mass is 256 g/mol. The lowest BCUT2D eigenvalue weighted by atomic mass is 10.1. The van der Waals surface area contributed by atoms with Crippen molar-refractivity contribution in [1.82, 2.24) is 4.53 Å². The van der Waals surface area contributed by atoms with Crippen LogP contribution in [0.15, 0.2) is 60.7 Å². The molecule has 0 unspecified atom stereocenters. The number of nitrogens with zero attached hydrogens (tertiary/aromatic N) is 2. The van der Waals surface area contributed by atoms with Gasteiger partial charge in [-0.15, -0.1) is 4.53 Å². The average Bonchev–Trinajstić information content (AvgIpc) is 2.58. The van der Waals surface area contributed by atoms with E-state index in [9.17, 15) is 0 Å². The van der Waals surface area contributed by atoms with Crippen LogP contribution in [0.25, 0.3) is 6.08 Å². The first-order chi connectivity index (χ1) is 8.86. The van der Waals surface area contributed by atoms with Crippen molar-refractivity contribution in [2.75, 3.05) is 11.6 Å². The van der Waals surface area contributed by atoms with Crippen molar-refractivity contribution in [3.63, 3.8) is 0 Å². The van der Waals surface area contributed by atoms with Gasteiger partial charge in [-0.1, -0.05) is 48.6 Å². The van der Waals surface area contributed by atoms with E-state index in [2.05, 4.69) is 36.4 Å². The minimum atomic E-state index is 0.672. The minimum Gasteiger partial charge on any atom is -0.259 e. The zero-order valence-electron chi connectivity index (χ0n) is 9.83. The summed E-state index contributed by atoms with van der Waals surface area (Å²) in [6.45, 7) is 0.672. The molecule has 0 aliphatic carbocycles. The van der Waals surface area contributed by atoms with Crippen LogP contribution in [0, 0.1) is 0 Å². The van der Waals surface area contributed by atoms with E-state index in [0.29, 0.717) is 6.54 Å². The molecular weight excluding hydrogens is 244 g/mol. The van der Waals surface area contributed by atoms with Gasteiger partial charge in [0.25, 0.3) is 0 Å². The molecule has 0 bridgehead atoms. The third-order valence-corrected chi connectivity index (χ3v) is 3.23. The first-order valence-corrected chi connectivity index (χ1v) is 6.24. The van der Waals surface area contributed by atoms with Crippen molar-refractivity contribution in [1.29, 1.82) is 0 Å². The summed E-state index contributed by atoms with van der Waals surface area (Å²) >= 11 is 6.36. The Bertz CT molecular complexity index is 566. The Hall–Kier alpha value is -1.77. The highest BCUT2D eigenvalue weighted by atomic mass is 35.5. The van der Waals surface area contributed by atoms with Crippen LogP contribution in [0.4, 0.5) is 11.4 Å². The van der Waals surface area contributed by atoms with Gasteiger partial charge in [0.2, 0.25) is 0 Å². The largest absolute Gasteiger partial charge is 0.259 e. The second kappa shape index (κ2) is 4.84. The molecule has 18 heavy (non-hydrogen) atoms. The van der Waals surface area contributed by atoms with Crippen molar-refractivity contribution in [2.24, 2.45) is 0 Å². The zero-order chi connectivity index (χ0) is 12.4. The molecule has 1 aliphatic rings. The summed E-state index contributed by atoms with van der Waals surface area (Å²) in [5, 5.41) is 2.02. The molecule has 0 aromatic heterocycles. The predicted molar refractivity (Wildman–Crippen MR) is 76.6 cm³/mol. The highest BCUT2D eigenvalue weighted by Gasteiger charge is 2.19. The van der Waals surface area contributed by atoms with E-state index < -0.39 is 0 Å². The number of rotatable bonds is 1. The van der Waals surface area contributed by atoms with Gasteiger partial charge in [0.1, 0.15) is 0 Å². The minimum absolute atomic E-state index is 0.672. The maximum Gasteiger partial charge on any atom is 0.0665 e. The standard InChI is InChI=1S/C15H13ClN2/c16-17-12-6-8-13-7-4-5-11-15(13)18(17)14-9-2-1-3-10-14/h1-11H,12H2. The SMILES string of the molecule is ClN1CC=Cc2ccccc2N1c1ccccc1. The van der Waals surface area contributed by atoms with Gasteiger partial charge >= 0.3 is 0 Å². The lowest BCUT2D eigenvalue weighted by Gasteiger charge is -2.30. The van der Waals surface area contributed by atoms with Crippen molar-refractivity contribution < 1.29 is 0 Å².